The van der Waals surface area contributed by atoms with Gasteiger partial charge in [-0.25, -0.2) is 0 Å². The minimum absolute atomic E-state index is 0.117. The van der Waals surface area contributed by atoms with Gasteiger partial charge in [0.25, 0.3) is 0 Å². The predicted molar refractivity (Wildman–Crippen MR) is 369 cm³/mol. The Morgan fingerprint density at radius 3 is 1.51 bits per heavy atom. The first kappa shape index (κ1) is 88.5. The smallest absolute Gasteiger partial charge is 0.315 e. The molecule has 0 amide bonds. The lowest BCUT2D eigenvalue weighted by atomic mass is 9.33. The van der Waals surface area contributed by atoms with Crippen LogP contribution < -0.4 is 0 Å². The molecule has 13 aliphatic rings. The van der Waals surface area contributed by atoms with Crippen LogP contribution in [0.4, 0.5) is 0 Å². The van der Waals surface area contributed by atoms with Gasteiger partial charge >= 0.3 is 5.97 Å². The van der Waals surface area contributed by atoms with Gasteiger partial charge < -0.3 is 188 Å². The van der Waals surface area contributed by atoms with Crippen molar-refractivity contribution in [3.63, 3.8) is 0 Å². The van der Waals surface area contributed by atoms with E-state index >= 15 is 4.79 Å². The highest BCUT2D eigenvalue weighted by molar-refractivity contribution is 5.79. The summed E-state index contributed by atoms with van der Waals surface area (Å²) >= 11 is 0. The van der Waals surface area contributed by atoms with Crippen LogP contribution in [0, 0.1) is 50.2 Å². The normalized spacial score (nSPS) is 55.1. The topological polar surface area (TPSA) is 610 Å². The van der Waals surface area contributed by atoms with Gasteiger partial charge in [-0.3, -0.25) is 4.79 Å². The quantitative estimate of drug-likeness (QED) is 0.0257. The maximum Gasteiger partial charge on any atom is 0.315 e. The van der Waals surface area contributed by atoms with Gasteiger partial charge in [0.1, 0.15) is 146 Å². The van der Waals surface area contributed by atoms with Crippen molar-refractivity contribution in [2.75, 3.05) is 52.9 Å². The number of ether oxygens (including phenoxy) is 16. The Morgan fingerprint density at radius 2 is 0.903 bits per heavy atom. The number of aliphatic hydroxyl groups is 22. The fourth-order valence-electron chi connectivity index (χ4n) is 21.6. The van der Waals surface area contributed by atoms with Gasteiger partial charge in [0, 0.05) is 5.41 Å². The van der Waals surface area contributed by atoms with E-state index in [1.165, 1.54) is 13.8 Å². The van der Waals surface area contributed by atoms with Crippen LogP contribution in [0.25, 0.3) is 0 Å². The molecule has 5 aliphatic carbocycles. The number of esters is 1. The average molecular weight is 1630 g/mol. The first-order valence-electron chi connectivity index (χ1n) is 39.4. The zero-order valence-corrected chi connectivity index (χ0v) is 64.4. The number of carbonyl (C=O) groups is 1. The van der Waals surface area contributed by atoms with Crippen molar-refractivity contribution in [1.29, 1.82) is 0 Å². The van der Waals surface area contributed by atoms with E-state index < -0.39 is 319 Å². The van der Waals surface area contributed by atoms with Crippen LogP contribution in [0.15, 0.2) is 11.6 Å². The van der Waals surface area contributed by atoms with Crippen molar-refractivity contribution < 1.29 is 193 Å². The maximum atomic E-state index is 16.2. The van der Waals surface area contributed by atoms with Gasteiger partial charge in [-0.05, 0) is 111 Å². The summed E-state index contributed by atoms with van der Waals surface area (Å²) in [5, 5.41) is 243. The lowest BCUT2D eigenvalue weighted by Gasteiger charge is -2.71. The number of carbonyl (C=O) groups excluding carboxylic acids is 1. The standard InChI is InChI=1S/C74H120O39/c1-27-39(83)43(87)46(90)59(99-27)107-52-35(22-78)104-63(48(52)92)106-51-28(2)100-62(50(94)55(51)110-60-45(89)41(85)33(20-76)102-60)111-56-53(108-66-57(95)74(97,25-81)26-98-66)36(23-79)105-65(56)113-67(96)73-15-13-68(3,4)17-30(73)29-9-10-38-69(5)18-31(82)58(70(6,24-80)37(69)11-12-72(38,8)71(29,7)14-16-73)112-64-49(93)54(42(86)34(21-77)103-64)109-61-47(91)44(88)40(84)32(19-75)101-61/h9,27-28,30-66,75-95,97H,10-26H2,1-8H3/t27-,28-,30-,31-,32+,33+,34+,35+,36+,37+,38+,39-,40+,41-,42+,43+,44-,45+,46+,47+,48+,49+,50+,51-,52-,53+,54-,55-,56-,57-,58-,59-,60-,61-,62-,63-,64-,65+,66-,69-,70-,71+,72+,73-,74+/m0/s1. The van der Waals surface area contributed by atoms with Gasteiger partial charge in [-0.2, -0.15) is 0 Å². The van der Waals surface area contributed by atoms with Crippen LogP contribution in [0.2, 0.25) is 0 Å². The monoisotopic (exact) mass is 1630 g/mol. The largest absolute Gasteiger partial charge is 0.432 e. The number of hydrogen-bond donors (Lipinski definition) is 22. The molecule has 0 aromatic heterocycles. The minimum atomic E-state index is -2.26. The van der Waals surface area contributed by atoms with Gasteiger partial charge in [0.05, 0.1) is 82.7 Å². The summed E-state index contributed by atoms with van der Waals surface area (Å²) in [5.74, 6) is -1.81. The minimum Gasteiger partial charge on any atom is -0.432 e. The molecular formula is C74H120O39. The SMILES string of the molecule is C[C@@H]1O[C@@H](O[C@@H]2[C@@H](O)[C@H](O[C@@H]3[C@@H](O[C@@H]4O[C@H](CO)[C@H](O)[C@H]4O)[C@@H](O)[C@H](O[C@@H]4[C@@H](OC(=O)[C@]56CCC(C)(C)C[C@H]5C5=CC[C@@H]7[C@@]8(C)C[C@H](O)[C@H](O[C@@H]9O[C@H](CO)[C@@H](O)[C@H](O[C@@H]%10O[C@H](CO)[C@@H](O)[C@H](O)[C@H]%10O)[C@H]9O)[C@@](C)(CO)[C@@H]8CC[C@@]7(C)[C@]5(C)CC6)O[C@H](CO)[C@H]4O[C@@H]4OC[C@](O)(CO)[C@H]4O)O[C@H]3C)O[C@@H]2CO)[C@H](O)[C@H](O)[C@H]1O. The van der Waals surface area contributed by atoms with Crippen LogP contribution in [-0.4, -0.2) is 398 Å². The lowest BCUT2D eigenvalue weighted by Crippen LogP contribution is -2.70. The first-order valence-corrected chi connectivity index (χ1v) is 39.4. The van der Waals surface area contributed by atoms with E-state index in [-0.39, 0.29) is 30.1 Å². The van der Waals surface area contributed by atoms with E-state index in [0.717, 1.165) is 5.57 Å². The third-order valence-corrected chi connectivity index (χ3v) is 28.6. The van der Waals surface area contributed by atoms with Crippen LogP contribution >= 0.6 is 0 Å². The summed E-state index contributed by atoms with van der Waals surface area (Å²) in [4.78, 5) is 16.2. The summed E-state index contributed by atoms with van der Waals surface area (Å²) < 4.78 is 97.9. The fourth-order valence-corrected chi connectivity index (χ4v) is 21.6. The molecule has 4 saturated carbocycles. The number of fused-ring (bicyclic) bond motifs is 7. The van der Waals surface area contributed by atoms with Crippen LogP contribution in [-0.2, 0) is 80.6 Å². The molecule has 45 atom stereocenters. The number of allylic oxidation sites excluding steroid dienone is 2. The zero-order valence-electron chi connectivity index (χ0n) is 64.4. The molecule has 650 valence electrons. The molecule has 12 fully saturated rings. The fraction of sp³-hybridized carbons (Fsp3) is 0.959. The van der Waals surface area contributed by atoms with Crippen molar-refractivity contribution >= 4 is 5.97 Å². The van der Waals surface area contributed by atoms with E-state index in [0.29, 0.717) is 44.9 Å². The van der Waals surface area contributed by atoms with Crippen molar-refractivity contribution in [3.05, 3.63) is 11.6 Å². The highest BCUT2D eigenvalue weighted by atomic mass is 16.8. The molecule has 8 heterocycles. The predicted octanol–water partition coefficient (Wildman–Crippen LogP) is -8.18. The molecule has 8 aliphatic heterocycles. The van der Waals surface area contributed by atoms with Crippen LogP contribution in [0.1, 0.15) is 113 Å². The first-order chi connectivity index (χ1) is 53.2. The summed E-state index contributed by atoms with van der Waals surface area (Å²) in [7, 11) is 0. The second-order valence-electron chi connectivity index (χ2n) is 35.7. The molecule has 0 spiro atoms. The van der Waals surface area contributed by atoms with Crippen LogP contribution in [0.3, 0.4) is 0 Å². The van der Waals surface area contributed by atoms with E-state index in [4.69, 9.17) is 75.8 Å². The van der Waals surface area contributed by atoms with E-state index in [1.807, 2.05) is 0 Å². The summed E-state index contributed by atoms with van der Waals surface area (Å²) in [6.45, 7) is 9.01. The second-order valence-corrected chi connectivity index (χ2v) is 35.7. The Hall–Kier alpha value is -2.27. The average Bonchev–Trinajstić information content (AvgIpc) is 1.66. The van der Waals surface area contributed by atoms with Crippen molar-refractivity contribution in [3.8, 4) is 0 Å². The van der Waals surface area contributed by atoms with E-state index in [9.17, 15) is 112 Å². The molecule has 0 radical (unpaired) electrons. The van der Waals surface area contributed by atoms with Crippen molar-refractivity contribution in [2.45, 2.75) is 340 Å². The lowest BCUT2D eigenvalue weighted by molar-refractivity contribution is -0.375. The Balaban J connectivity index is 0.772. The molecule has 0 aromatic carbocycles. The van der Waals surface area contributed by atoms with Gasteiger partial charge in [0.15, 0.2) is 50.1 Å². The number of aliphatic hydroxyl groups excluding tert-OH is 21. The summed E-state index contributed by atoms with van der Waals surface area (Å²) in [6, 6.07) is 0. The van der Waals surface area contributed by atoms with Crippen molar-refractivity contribution in [2.24, 2.45) is 50.2 Å². The number of hydrogen-bond acceptors (Lipinski definition) is 39. The molecule has 8 saturated heterocycles. The van der Waals surface area contributed by atoms with Gasteiger partial charge in [-0.15, -0.1) is 0 Å². The molecule has 39 nitrogen and oxygen atoms in total. The van der Waals surface area contributed by atoms with Gasteiger partial charge in [-0.1, -0.05) is 53.2 Å². The summed E-state index contributed by atoms with van der Waals surface area (Å²) in [6.07, 6.45) is -55.5. The van der Waals surface area contributed by atoms with E-state index in [2.05, 4.69) is 40.7 Å². The molecule has 0 unspecified atom stereocenters. The molecule has 22 N–H and O–H groups in total. The van der Waals surface area contributed by atoms with Crippen LogP contribution in [0.5, 0.6) is 0 Å². The zero-order chi connectivity index (χ0) is 82.2. The Morgan fingerprint density at radius 1 is 0.434 bits per heavy atom. The molecule has 0 aromatic rings. The molecule has 0 bridgehead atoms. The Kier molecular flexibility index (Phi) is 26.3. The Labute approximate surface area is 651 Å². The maximum absolute atomic E-state index is 16.2. The molecule has 39 heteroatoms. The van der Waals surface area contributed by atoms with Crippen molar-refractivity contribution in [1.82, 2.24) is 0 Å². The van der Waals surface area contributed by atoms with Gasteiger partial charge in [0.2, 0.25) is 6.29 Å². The molecule has 13 rings (SSSR count). The highest BCUT2D eigenvalue weighted by Gasteiger charge is 2.73. The molecular weight excluding hydrogens is 1510 g/mol. The number of rotatable bonds is 23. The second kappa shape index (κ2) is 33.5. The van der Waals surface area contributed by atoms with E-state index in [1.54, 1.807) is 6.92 Å². The third-order valence-electron chi connectivity index (χ3n) is 28.6. The Bertz CT molecular complexity index is 3260. The third kappa shape index (κ3) is 15.2. The highest BCUT2D eigenvalue weighted by Crippen LogP contribution is 2.76. The summed E-state index contributed by atoms with van der Waals surface area (Å²) in [5.41, 5.74) is -6.12. The molecule has 113 heavy (non-hydrogen) atoms.